The standard InChI is InChI=1S/C13H16N6OS/c20-12(18-13-16-6-8-21-13)17-10-3-1-7-19(9-10)11-14-4-2-5-15-11/h2,4-6,8,10H,1,3,7,9H2,(H2,16,17,18,20)/t10-/m1/s1. The molecule has 8 heteroatoms. The van der Waals surface area contributed by atoms with Crippen LogP contribution in [0.15, 0.2) is 30.0 Å². The number of amides is 2. The van der Waals surface area contributed by atoms with Crippen molar-refractivity contribution in [3.63, 3.8) is 0 Å². The lowest BCUT2D eigenvalue weighted by Gasteiger charge is -2.32. The number of carbonyl (C=O) groups is 1. The molecule has 3 rings (SSSR count). The summed E-state index contributed by atoms with van der Waals surface area (Å²) in [5.41, 5.74) is 0. The monoisotopic (exact) mass is 304 g/mol. The fraction of sp³-hybridized carbons (Fsp3) is 0.385. The first kappa shape index (κ1) is 13.7. The molecule has 0 aromatic carbocycles. The van der Waals surface area contributed by atoms with Crippen molar-refractivity contribution < 1.29 is 4.79 Å². The highest BCUT2D eigenvalue weighted by Crippen LogP contribution is 2.15. The maximum atomic E-state index is 11.9. The summed E-state index contributed by atoms with van der Waals surface area (Å²) in [6, 6.07) is 1.67. The molecule has 7 nitrogen and oxygen atoms in total. The van der Waals surface area contributed by atoms with Gasteiger partial charge in [-0.1, -0.05) is 0 Å². The molecule has 0 spiro atoms. The number of hydrogen-bond donors (Lipinski definition) is 2. The molecule has 2 aromatic rings. The van der Waals surface area contributed by atoms with Gasteiger partial charge in [0.25, 0.3) is 0 Å². The first-order valence-electron chi connectivity index (χ1n) is 6.80. The number of thiazole rings is 1. The predicted molar refractivity (Wildman–Crippen MR) is 81.5 cm³/mol. The normalized spacial score (nSPS) is 18.3. The van der Waals surface area contributed by atoms with Crippen LogP contribution in [0.2, 0.25) is 0 Å². The minimum absolute atomic E-state index is 0.0857. The van der Waals surface area contributed by atoms with E-state index in [0.717, 1.165) is 25.9 Å². The van der Waals surface area contributed by atoms with Crippen LogP contribution in [0.5, 0.6) is 0 Å². The lowest BCUT2D eigenvalue weighted by molar-refractivity contribution is 0.246. The van der Waals surface area contributed by atoms with Crippen LogP contribution in [0.1, 0.15) is 12.8 Å². The maximum Gasteiger partial charge on any atom is 0.321 e. The van der Waals surface area contributed by atoms with Crippen LogP contribution in [0.4, 0.5) is 15.9 Å². The first-order valence-corrected chi connectivity index (χ1v) is 7.68. The summed E-state index contributed by atoms with van der Waals surface area (Å²) < 4.78 is 0. The largest absolute Gasteiger partial charge is 0.339 e. The van der Waals surface area contributed by atoms with Gasteiger partial charge >= 0.3 is 6.03 Å². The summed E-state index contributed by atoms with van der Waals surface area (Å²) in [7, 11) is 0. The van der Waals surface area contributed by atoms with Gasteiger partial charge in [0.2, 0.25) is 5.95 Å². The lowest BCUT2D eigenvalue weighted by atomic mass is 10.1. The molecular formula is C13H16N6OS. The first-order chi connectivity index (χ1) is 10.3. The van der Waals surface area contributed by atoms with Crippen LogP contribution >= 0.6 is 11.3 Å². The molecule has 0 saturated carbocycles. The minimum Gasteiger partial charge on any atom is -0.339 e. The van der Waals surface area contributed by atoms with Crippen molar-refractivity contribution in [2.24, 2.45) is 0 Å². The Balaban J connectivity index is 1.55. The molecule has 0 unspecified atom stereocenters. The molecular weight excluding hydrogens is 288 g/mol. The van der Waals surface area contributed by atoms with Gasteiger partial charge in [-0.15, -0.1) is 11.3 Å². The molecule has 1 atom stereocenters. The Hall–Kier alpha value is -2.22. The third kappa shape index (κ3) is 3.66. The highest BCUT2D eigenvalue weighted by Gasteiger charge is 2.23. The second kappa shape index (κ2) is 6.49. The molecule has 1 aliphatic heterocycles. The zero-order valence-electron chi connectivity index (χ0n) is 11.4. The van der Waals surface area contributed by atoms with Crippen molar-refractivity contribution in [1.82, 2.24) is 20.3 Å². The van der Waals surface area contributed by atoms with Crippen molar-refractivity contribution in [3.8, 4) is 0 Å². The van der Waals surface area contributed by atoms with E-state index in [2.05, 4.69) is 30.5 Å². The molecule has 0 aliphatic carbocycles. The Morgan fingerprint density at radius 3 is 2.90 bits per heavy atom. The van der Waals surface area contributed by atoms with Crippen molar-refractivity contribution in [1.29, 1.82) is 0 Å². The van der Waals surface area contributed by atoms with Gasteiger partial charge in [0.15, 0.2) is 5.13 Å². The topological polar surface area (TPSA) is 83.0 Å². The third-order valence-corrected chi connectivity index (χ3v) is 3.93. The fourth-order valence-electron chi connectivity index (χ4n) is 2.33. The Kier molecular flexibility index (Phi) is 4.25. The van der Waals surface area contributed by atoms with E-state index in [4.69, 9.17) is 0 Å². The Bertz CT molecular complexity index is 576. The van der Waals surface area contributed by atoms with E-state index in [0.29, 0.717) is 11.1 Å². The number of urea groups is 1. The molecule has 0 radical (unpaired) electrons. The summed E-state index contributed by atoms with van der Waals surface area (Å²) in [5, 5.41) is 8.14. The van der Waals surface area contributed by atoms with Gasteiger partial charge in [-0.2, -0.15) is 0 Å². The number of anilines is 2. The number of carbonyl (C=O) groups excluding carboxylic acids is 1. The minimum atomic E-state index is -0.217. The number of rotatable bonds is 3. The maximum absolute atomic E-state index is 11.9. The van der Waals surface area contributed by atoms with Gasteiger partial charge in [-0.25, -0.2) is 19.7 Å². The van der Waals surface area contributed by atoms with Crippen LogP contribution in [0, 0.1) is 0 Å². The highest BCUT2D eigenvalue weighted by atomic mass is 32.1. The van der Waals surface area contributed by atoms with Gasteiger partial charge < -0.3 is 10.2 Å². The number of nitrogens with one attached hydrogen (secondary N) is 2. The van der Waals surface area contributed by atoms with Crippen molar-refractivity contribution in [2.75, 3.05) is 23.3 Å². The summed E-state index contributed by atoms with van der Waals surface area (Å²) >= 11 is 1.40. The smallest absolute Gasteiger partial charge is 0.321 e. The van der Waals surface area contributed by atoms with E-state index >= 15 is 0 Å². The van der Waals surface area contributed by atoms with Gasteiger partial charge in [0.1, 0.15) is 0 Å². The van der Waals surface area contributed by atoms with Gasteiger partial charge in [0.05, 0.1) is 0 Å². The van der Waals surface area contributed by atoms with E-state index < -0.39 is 0 Å². The number of hydrogen-bond acceptors (Lipinski definition) is 6. The molecule has 2 aromatic heterocycles. The van der Waals surface area contributed by atoms with Crippen molar-refractivity contribution in [2.45, 2.75) is 18.9 Å². The second-order valence-corrected chi connectivity index (χ2v) is 5.66. The van der Waals surface area contributed by atoms with E-state index in [9.17, 15) is 4.79 Å². The summed E-state index contributed by atoms with van der Waals surface area (Å²) in [5.74, 6) is 0.712. The van der Waals surface area contributed by atoms with Crippen LogP contribution in [-0.2, 0) is 0 Å². The molecule has 21 heavy (non-hydrogen) atoms. The van der Waals surface area contributed by atoms with Gasteiger partial charge in [0, 0.05) is 43.1 Å². The number of piperidine rings is 1. The highest BCUT2D eigenvalue weighted by molar-refractivity contribution is 7.13. The number of aromatic nitrogens is 3. The van der Waals surface area contributed by atoms with E-state index in [1.165, 1.54) is 11.3 Å². The number of nitrogens with zero attached hydrogens (tertiary/aromatic N) is 4. The zero-order valence-corrected chi connectivity index (χ0v) is 12.2. The summed E-state index contributed by atoms with van der Waals surface area (Å²) in [4.78, 5) is 26.5. The average Bonchev–Trinajstić information content (AvgIpc) is 3.01. The molecule has 1 fully saturated rings. The molecule has 1 aliphatic rings. The van der Waals surface area contributed by atoms with Crippen LogP contribution in [0.3, 0.4) is 0 Å². The third-order valence-electron chi connectivity index (χ3n) is 3.24. The van der Waals surface area contributed by atoms with Gasteiger partial charge in [-0.3, -0.25) is 5.32 Å². The molecule has 0 bridgehead atoms. The SMILES string of the molecule is O=C(Nc1nccs1)N[C@@H]1CCCN(c2ncccn2)C1. The molecule has 2 N–H and O–H groups in total. The Labute approximate surface area is 126 Å². The van der Waals surface area contributed by atoms with E-state index in [1.807, 2.05) is 5.38 Å². The van der Waals surface area contributed by atoms with E-state index in [-0.39, 0.29) is 12.1 Å². The van der Waals surface area contributed by atoms with E-state index in [1.54, 1.807) is 24.7 Å². The Morgan fingerprint density at radius 1 is 1.29 bits per heavy atom. The van der Waals surface area contributed by atoms with Crippen LogP contribution < -0.4 is 15.5 Å². The lowest BCUT2D eigenvalue weighted by Crippen LogP contribution is -2.49. The predicted octanol–water partition coefficient (Wildman–Crippen LogP) is 1.72. The van der Waals surface area contributed by atoms with Gasteiger partial charge in [-0.05, 0) is 18.9 Å². The summed E-state index contributed by atoms with van der Waals surface area (Å²) in [6.07, 6.45) is 7.08. The Morgan fingerprint density at radius 2 is 2.14 bits per heavy atom. The molecule has 2 amide bonds. The quantitative estimate of drug-likeness (QED) is 0.902. The average molecular weight is 304 g/mol. The fourth-order valence-corrected chi connectivity index (χ4v) is 2.86. The zero-order chi connectivity index (χ0) is 14.5. The van der Waals surface area contributed by atoms with Crippen LogP contribution in [0.25, 0.3) is 0 Å². The molecule has 1 saturated heterocycles. The van der Waals surface area contributed by atoms with Crippen molar-refractivity contribution in [3.05, 3.63) is 30.0 Å². The second-order valence-electron chi connectivity index (χ2n) is 4.77. The van der Waals surface area contributed by atoms with Crippen molar-refractivity contribution >= 4 is 28.4 Å². The molecule has 110 valence electrons. The summed E-state index contributed by atoms with van der Waals surface area (Å²) in [6.45, 7) is 1.63. The molecule has 3 heterocycles. The van der Waals surface area contributed by atoms with Crippen LogP contribution in [-0.4, -0.2) is 40.1 Å².